The zero-order valence-electron chi connectivity index (χ0n) is 11.6. The minimum atomic E-state index is -3.48. The summed E-state index contributed by atoms with van der Waals surface area (Å²) >= 11 is 0. The first-order valence-electron chi connectivity index (χ1n) is 6.77. The molecular formula is C14H22N2O2S. The molecule has 1 atom stereocenters. The summed E-state index contributed by atoms with van der Waals surface area (Å²) < 4.78 is 27.0. The molecule has 106 valence electrons. The van der Waals surface area contributed by atoms with Gasteiger partial charge in [-0.2, -0.15) is 4.31 Å². The molecule has 1 fully saturated rings. The number of hydrogen-bond donors (Lipinski definition) is 1. The van der Waals surface area contributed by atoms with Crippen LogP contribution >= 0.6 is 0 Å². The lowest BCUT2D eigenvalue weighted by molar-refractivity contribution is 0.329. The van der Waals surface area contributed by atoms with Crippen LogP contribution in [0.5, 0.6) is 0 Å². The first-order chi connectivity index (χ1) is 8.93. The Morgan fingerprint density at radius 2 is 1.95 bits per heavy atom. The maximum absolute atomic E-state index is 12.8. The Kier molecular flexibility index (Phi) is 4.28. The van der Waals surface area contributed by atoms with Crippen LogP contribution in [0.15, 0.2) is 23.1 Å². The Morgan fingerprint density at radius 3 is 2.68 bits per heavy atom. The Hall–Kier alpha value is -0.910. The summed E-state index contributed by atoms with van der Waals surface area (Å²) in [6, 6.07) is 5.52. The highest BCUT2D eigenvalue weighted by Gasteiger charge is 2.31. The molecule has 2 rings (SSSR count). The number of nitrogens with two attached hydrogens (primary N) is 1. The summed E-state index contributed by atoms with van der Waals surface area (Å²) in [6.07, 6.45) is 3.28. The number of hydrogen-bond acceptors (Lipinski definition) is 3. The zero-order valence-corrected chi connectivity index (χ0v) is 12.4. The Morgan fingerprint density at radius 1 is 1.21 bits per heavy atom. The minimum Gasteiger partial charge on any atom is -0.315 e. The van der Waals surface area contributed by atoms with E-state index in [4.69, 9.17) is 5.73 Å². The molecule has 0 aliphatic carbocycles. The highest BCUT2D eigenvalue weighted by atomic mass is 32.2. The summed E-state index contributed by atoms with van der Waals surface area (Å²) in [5.74, 6) is 0. The molecule has 5 heteroatoms. The van der Waals surface area contributed by atoms with Gasteiger partial charge in [0, 0.05) is 6.54 Å². The number of aryl methyl sites for hydroxylation is 2. The maximum Gasteiger partial charge on any atom is 0.244 e. The van der Waals surface area contributed by atoms with Crippen LogP contribution in [-0.2, 0) is 10.0 Å². The fraction of sp³-hybridized carbons (Fsp3) is 0.571. The Bertz CT molecular complexity index is 555. The van der Waals surface area contributed by atoms with E-state index in [9.17, 15) is 8.42 Å². The third-order valence-electron chi connectivity index (χ3n) is 3.68. The summed E-state index contributed by atoms with van der Waals surface area (Å²) in [6.45, 7) is 4.26. The van der Waals surface area contributed by atoms with Gasteiger partial charge in [0.05, 0.1) is 11.1 Å². The topological polar surface area (TPSA) is 63.4 Å². The predicted molar refractivity (Wildman–Crippen MR) is 76.3 cm³/mol. The molecule has 1 aliphatic rings. The Labute approximate surface area is 115 Å². The van der Waals surface area contributed by atoms with Crippen molar-refractivity contribution in [1.29, 1.82) is 0 Å². The van der Waals surface area contributed by atoms with E-state index >= 15 is 0 Å². The van der Waals surface area contributed by atoms with Crippen molar-refractivity contribution in [2.45, 2.75) is 50.6 Å². The number of nitrogens with zero attached hydrogens (tertiary/aromatic N) is 1. The van der Waals surface area contributed by atoms with Crippen LogP contribution in [0.1, 0.15) is 36.8 Å². The van der Waals surface area contributed by atoms with E-state index < -0.39 is 16.2 Å². The Balaban J connectivity index is 2.43. The molecule has 0 spiro atoms. The van der Waals surface area contributed by atoms with Gasteiger partial charge in [-0.15, -0.1) is 0 Å². The van der Waals surface area contributed by atoms with E-state index in [-0.39, 0.29) is 0 Å². The van der Waals surface area contributed by atoms with Crippen LogP contribution in [-0.4, -0.2) is 25.4 Å². The first kappa shape index (κ1) is 14.5. The third kappa shape index (κ3) is 2.99. The van der Waals surface area contributed by atoms with Gasteiger partial charge in [0.2, 0.25) is 10.0 Å². The lowest BCUT2D eigenvalue weighted by atomic mass is 10.2. The van der Waals surface area contributed by atoms with Crippen LogP contribution in [0.4, 0.5) is 0 Å². The van der Waals surface area contributed by atoms with Crippen molar-refractivity contribution < 1.29 is 8.42 Å². The summed E-state index contributed by atoms with van der Waals surface area (Å²) in [5, 5.41) is 0. The average Bonchev–Trinajstić information content (AvgIpc) is 2.57. The fourth-order valence-electron chi connectivity index (χ4n) is 2.52. The second-order valence-electron chi connectivity index (χ2n) is 5.30. The van der Waals surface area contributed by atoms with E-state index in [0.717, 1.165) is 36.8 Å². The van der Waals surface area contributed by atoms with Crippen LogP contribution in [0.3, 0.4) is 0 Å². The van der Waals surface area contributed by atoms with E-state index in [2.05, 4.69) is 0 Å². The van der Waals surface area contributed by atoms with Gasteiger partial charge < -0.3 is 5.73 Å². The number of rotatable bonds is 2. The molecule has 0 aromatic heterocycles. The SMILES string of the molecule is Cc1ccc(C)c(S(=O)(=O)N2CCCCCC2N)c1. The molecule has 0 radical (unpaired) electrons. The zero-order chi connectivity index (χ0) is 14.0. The van der Waals surface area contributed by atoms with E-state index in [0.29, 0.717) is 11.4 Å². The monoisotopic (exact) mass is 282 g/mol. The van der Waals surface area contributed by atoms with Gasteiger partial charge in [-0.3, -0.25) is 0 Å². The van der Waals surface area contributed by atoms with Gasteiger partial charge in [0.25, 0.3) is 0 Å². The summed E-state index contributed by atoms with van der Waals surface area (Å²) in [7, 11) is -3.48. The first-order valence-corrected chi connectivity index (χ1v) is 8.21. The third-order valence-corrected chi connectivity index (χ3v) is 5.75. The molecule has 19 heavy (non-hydrogen) atoms. The molecule has 1 aromatic rings. The van der Waals surface area contributed by atoms with Crippen LogP contribution < -0.4 is 5.73 Å². The van der Waals surface area contributed by atoms with Gasteiger partial charge in [-0.25, -0.2) is 8.42 Å². The van der Waals surface area contributed by atoms with Gasteiger partial charge in [-0.05, 0) is 43.9 Å². The van der Waals surface area contributed by atoms with Crippen molar-refractivity contribution in [2.24, 2.45) is 5.73 Å². The van der Waals surface area contributed by atoms with Crippen molar-refractivity contribution in [2.75, 3.05) is 6.54 Å². The van der Waals surface area contributed by atoms with Crippen molar-refractivity contribution in [3.8, 4) is 0 Å². The van der Waals surface area contributed by atoms with Crippen LogP contribution in [0, 0.1) is 13.8 Å². The molecule has 1 saturated heterocycles. The second kappa shape index (κ2) is 5.61. The molecular weight excluding hydrogens is 260 g/mol. The van der Waals surface area contributed by atoms with E-state index in [1.54, 1.807) is 6.07 Å². The molecule has 1 unspecified atom stereocenters. The largest absolute Gasteiger partial charge is 0.315 e. The molecule has 4 nitrogen and oxygen atoms in total. The molecule has 0 amide bonds. The number of benzene rings is 1. The normalized spacial score (nSPS) is 22.2. The molecule has 1 heterocycles. The highest BCUT2D eigenvalue weighted by Crippen LogP contribution is 2.25. The smallest absolute Gasteiger partial charge is 0.244 e. The van der Waals surface area contributed by atoms with E-state index in [1.165, 1.54) is 4.31 Å². The lowest BCUT2D eigenvalue weighted by Gasteiger charge is -2.26. The van der Waals surface area contributed by atoms with Gasteiger partial charge in [-0.1, -0.05) is 25.0 Å². The molecule has 0 bridgehead atoms. The van der Waals surface area contributed by atoms with Gasteiger partial charge >= 0.3 is 0 Å². The highest BCUT2D eigenvalue weighted by molar-refractivity contribution is 7.89. The van der Waals surface area contributed by atoms with Crippen molar-refractivity contribution in [1.82, 2.24) is 4.31 Å². The minimum absolute atomic E-state index is 0.393. The molecule has 0 saturated carbocycles. The average molecular weight is 282 g/mol. The number of sulfonamides is 1. The van der Waals surface area contributed by atoms with Crippen molar-refractivity contribution in [3.63, 3.8) is 0 Å². The van der Waals surface area contributed by atoms with Crippen LogP contribution in [0.25, 0.3) is 0 Å². The van der Waals surface area contributed by atoms with E-state index in [1.807, 2.05) is 26.0 Å². The van der Waals surface area contributed by atoms with Gasteiger partial charge in [0.1, 0.15) is 0 Å². The maximum atomic E-state index is 12.8. The fourth-order valence-corrected chi connectivity index (χ4v) is 4.41. The standard InChI is InChI=1S/C14H22N2O2S/c1-11-7-8-12(2)13(10-11)19(17,18)16-9-5-3-4-6-14(16)15/h7-8,10,14H,3-6,9,15H2,1-2H3. The van der Waals surface area contributed by atoms with Crippen LogP contribution in [0.2, 0.25) is 0 Å². The van der Waals surface area contributed by atoms with Crippen molar-refractivity contribution >= 4 is 10.0 Å². The predicted octanol–water partition coefficient (Wildman–Crippen LogP) is 2.15. The summed E-state index contributed by atoms with van der Waals surface area (Å²) in [4.78, 5) is 0.393. The lowest BCUT2D eigenvalue weighted by Crippen LogP contribution is -2.45. The molecule has 1 aromatic carbocycles. The molecule has 1 aliphatic heterocycles. The molecule has 2 N–H and O–H groups in total. The summed E-state index contributed by atoms with van der Waals surface area (Å²) in [5.41, 5.74) is 7.77. The quantitative estimate of drug-likeness (QED) is 0.904. The van der Waals surface area contributed by atoms with Crippen molar-refractivity contribution in [3.05, 3.63) is 29.3 Å². The second-order valence-corrected chi connectivity index (χ2v) is 7.16. The van der Waals surface area contributed by atoms with Gasteiger partial charge in [0.15, 0.2) is 0 Å².